The van der Waals surface area contributed by atoms with Gasteiger partial charge < -0.3 is 4.42 Å². The molecule has 0 aliphatic rings. The van der Waals surface area contributed by atoms with Crippen LogP contribution in [-0.2, 0) is 0 Å². The molecule has 3 aromatic rings. The Morgan fingerprint density at radius 2 is 2.11 bits per heavy atom. The van der Waals surface area contributed by atoms with Crippen molar-refractivity contribution >= 4 is 32.6 Å². The van der Waals surface area contributed by atoms with Crippen molar-refractivity contribution in [1.29, 1.82) is 0 Å². The maximum absolute atomic E-state index is 12.2. The molecule has 0 fully saturated rings. The van der Waals surface area contributed by atoms with Crippen molar-refractivity contribution in [2.45, 2.75) is 13.8 Å². The molecular weight excluding hydrogens is 260 g/mol. The summed E-state index contributed by atoms with van der Waals surface area (Å²) in [6.07, 6.45) is 1.59. The van der Waals surface area contributed by atoms with Crippen LogP contribution in [-0.4, -0.2) is 10.9 Å². The zero-order valence-electron chi connectivity index (χ0n) is 10.6. The number of furan rings is 1. The Kier molecular flexibility index (Phi) is 2.83. The average Bonchev–Trinajstić information content (AvgIpc) is 2.92. The van der Waals surface area contributed by atoms with Crippen LogP contribution in [0.3, 0.4) is 0 Å². The van der Waals surface area contributed by atoms with Crippen LogP contribution < -0.4 is 5.32 Å². The number of carbonyl (C=O) groups is 1. The highest BCUT2D eigenvalue weighted by molar-refractivity contribution is 7.22. The number of aryl methyl sites for hydroxylation is 2. The highest BCUT2D eigenvalue weighted by Gasteiger charge is 2.17. The molecule has 2 aromatic heterocycles. The Bertz CT molecular complexity index is 705. The van der Waals surface area contributed by atoms with Gasteiger partial charge in [0.05, 0.1) is 22.0 Å². The van der Waals surface area contributed by atoms with Crippen LogP contribution >= 0.6 is 11.3 Å². The Labute approximate surface area is 114 Å². The zero-order chi connectivity index (χ0) is 13.4. The lowest BCUT2D eigenvalue weighted by Crippen LogP contribution is -2.13. The van der Waals surface area contributed by atoms with Crippen molar-refractivity contribution in [3.05, 3.63) is 47.4 Å². The molecular formula is C14H12N2O2S. The number of fused-ring (bicyclic) bond motifs is 1. The molecule has 0 saturated carbocycles. The van der Waals surface area contributed by atoms with Crippen molar-refractivity contribution in [3.8, 4) is 0 Å². The lowest BCUT2D eigenvalue weighted by atomic mass is 10.1. The largest absolute Gasteiger partial charge is 0.469 e. The minimum absolute atomic E-state index is 0.178. The number of aromatic nitrogens is 1. The van der Waals surface area contributed by atoms with Gasteiger partial charge in [-0.15, -0.1) is 0 Å². The Hall–Kier alpha value is -2.14. The van der Waals surface area contributed by atoms with Gasteiger partial charge in [0.1, 0.15) is 5.76 Å². The number of thiazole rings is 1. The van der Waals surface area contributed by atoms with E-state index in [4.69, 9.17) is 4.42 Å². The van der Waals surface area contributed by atoms with Crippen molar-refractivity contribution < 1.29 is 9.21 Å². The second-order valence-electron chi connectivity index (χ2n) is 4.29. The standard InChI is InChI=1S/C14H12N2O2S/c1-8-7-18-9(2)12(8)13(17)16-14-15-10-5-3-4-6-11(10)19-14/h3-7H,1-2H3,(H,15,16,17). The van der Waals surface area contributed by atoms with E-state index in [0.717, 1.165) is 15.8 Å². The van der Waals surface area contributed by atoms with Crippen molar-refractivity contribution in [2.24, 2.45) is 0 Å². The van der Waals surface area contributed by atoms with Gasteiger partial charge in [0.15, 0.2) is 5.13 Å². The summed E-state index contributed by atoms with van der Waals surface area (Å²) in [6, 6.07) is 7.79. The molecule has 1 N–H and O–H groups in total. The minimum Gasteiger partial charge on any atom is -0.469 e. The smallest absolute Gasteiger partial charge is 0.261 e. The highest BCUT2D eigenvalue weighted by atomic mass is 32.1. The number of nitrogens with one attached hydrogen (secondary N) is 1. The summed E-state index contributed by atoms with van der Waals surface area (Å²) in [5.74, 6) is 0.443. The van der Waals surface area contributed by atoms with Gasteiger partial charge in [-0.1, -0.05) is 23.5 Å². The second-order valence-corrected chi connectivity index (χ2v) is 5.32. The molecule has 0 atom stereocenters. The van der Waals surface area contributed by atoms with Crippen LogP contribution in [0.2, 0.25) is 0 Å². The van der Waals surface area contributed by atoms with Crippen LogP contribution in [0.1, 0.15) is 21.7 Å². The maximum Gasteiger partial charge on any atom is 0.261 e. The number of anilines is 1. The number of para-hydroxylation sites is 1. The SMILES string of the molecule is Cc1coc(C)c1C(=O)Nc1nc2ccccc2s1. The third kappa shape index (κ3) is 2.13. The molecule has 0 bridgehead atoms. The summed E-state index contributed by atoms with van der Waals surface area (Å²) in [7, 11) is 0. The first kappa shape index (κ1) is 11.9. The zero-order valence-corrected chi connectivity index (χ0v) is 11.4. The predicted octanol–water partition coefficient (Wildman–Crippen LogP) is 3.76. The first-order valence-corrected chi connectivity index (χ1v) is 6.68. The van der Waals surface area contributed by atoms with Gasteiger partial charge in [0, 0.05) is 5.56 Å². The number of hydrogen-bond donors (Lipinski definition) is 1. The molecule has 3 rings (SSSR count). The second kappa shape index (κ2) is 4.51. The Balaban J connectivity index is 1.91. The van der Waals surface area contributed by atoms with E-state index in [0.29, 0.717) is 16.5 Å². The molecule has 2 heterocycles. The third-order valence-corrected chi connectivity index (χ3v) is 3.85. The highest BCUT2D eigenvalue weighted by Crippen LogP contribution is 2.26. The van der Waals surface area contributed by atoms with E-state index in [2.05, 4.69) is 10.3 Å². The predicted molar refractivity (Wildman–Crippen MR) is 75.8 cm³/mol. The van der Waals surface area contributed by atoms with Gasteiger partial charge in [0.25, 0.3) is 5.91 Å². The number of benzene rings is 1. The van der Waals surface area contributed by atoms with Crippen molar-refractivity contribution in [2.75, 3.05) is 5.32 Å². The fourth-order valence-electron chi connectivity index (χ4n) is 2.00. The van der Waals surface area contributed by atoms with Gasteiger partial charge in [0.2, 0.25) is 0 Å². The van der Waals surface area contributed by atoms with Gasteiger partial charge in [-0.05, 0) is 26.0 Å². The van der Waals surface area contributed by atoms with E-state index >= 15 is 0 Å². The van der Waals surface area contributed by atoms with E-state index < -0.39 is 0 Å². The average molecular weight is 272 g/mol. The number of amides is 1. The van der Waals surface area contributed by atoms with Gasteiger partial charge in [-0.2, -0.15) is 0 Å². The molecule has 0 aliphatic carbocycles. The molecule has 0 aliphatic heterocycles. The van der Waals surface area contributed by atoms with Gasteiger partial charge in [-0.25, -0.2) is 4.98 Å². The van der Waals surface area contributed by atoms with E-state index in [-0.39, 0.29) is 5.91 Å². The fourth-order valence-corrected chi connectivity index (χ4v) is 2.86. The van der Waals surface area contributed by atoms with Gasteiger partial charge >= 0.3 is 0 Å². The van der Waals surface area contributed by atoms with Crippen molar-refractivity contribution in [3.63, 3.8) is 0 Å². The van der Waals surface area contributed by atoms with E-state index in [1.165, 1.54) is 11.3 Å². The molecule has 4 nitrogen and oxygen atoms in total. The number of nitrogens with zero attached hydrogens (tertiary/aromatic N) is 1. The number of carbonyl (C=O) groups excluding carboxylic acids is 1. The molecule has 5 heteroatoms. The molecule has 0 spiro atoms. The monoisotopic (exact) mass is 272 g/mol. The topological polar surface area (TPSA) is 55.1 Å². The first-order chi connectivity index (χ1) is 9.15. The summed E-state index contributed by atoms with van der Waals surface area (Å²) >= 11 is 1.46. The minimum atomic E-state index is -0.178. The van der Waals surface area contributed by atoms with Crippen LogP contribution in [0, 0.1) is 13.8 Å². The lowest BCUT2D eigenvalue weighted by Gasteiger charge is -2.00. The molecule has 0 unspecified atom stereocenters. The van der Waals surface area contributed by atoms with Crippen LogP contribution in [0.4, 0.5) is 5.13 Å². The quantitative estimate of drug-likeness (QED) is 0.772. The Morgan fingerprint density at radius 1 is 1.32 bits per heavy atom. The molecule has 0 radical (unpaired) electrons. The van der Waals surface area contributed by atoms with E-state index in [1.54, 1.807) is 13.2 Å². The summed E-state index contributed by atoms with van der Waals surface area (Å²) in [5.41, 5.74) is 2.30. The molecule has 0 saturated heterocycles. The van der Waals surface area contributed by atoms with Crippen LogP contribution in [0.5, 0.6) is 0 Å². The first-order valence-electron chi connectivity index (χ1n) is 5.87. The summed E-state index contributed by atoms with van der Waals surface area (Å²) in [6.45, 7) is 3.63. The molecule has 96 valence electrons. The van der Waals surface area contributed by atoms with E-state index in [1.807, 2.05) is 31.2 Å². The third-order valence-electron chi connectivity index (χ3n) is 2.90. The van der Waals surface area contributed by atoms with Crippen LogP contribution in [0.15, 0.2) is 34.9 Å². The Morgan fingerprint density at radius 3 is 2.79 bits per heavy atom. The summed E-state index contributed by atoms with van der Waals surface area (Å²) in [5, 5.41) is 3.43. The number of hydrogen-bond acceptors (Lipinski definition) is 4. The fraction of sp³-hybridized carbons (Fsp3) is 0.143. The maximum atomic E-state index is 12.2. The lowest BCUT2D eigenvalue weighted by molar-refractivity contribution is 0.102. The van der Waals surface area contributed by atoms with Crippen LogP contribution in [0.25, 0.3) is 10.2 Å². The van der Waals surface area contributed by atoms with Crippen molar-refractivity contribution in [1.82, 2.24) is 4.98 Å². The molecule has 1 aromatic carbocycles. The normalized spacial score (nSPS) is 10.8. The summed E-state index contributed by atoms with van der Waals surface area (Å²) < 4.78 is 6.29. The van der Waals surface area contributed by atoms with E-state index in [9.17, 15) is 4.79 Å². The molecule has 1 amide bonds. The molecule has 19 heavy (non-hydrogen) atoms. The summed E-state index contributed by atoms with van der Waals surface area (Å²) in [4.78, 5) is 16.6. The van der Waals surface area contributed by atoms with Gasteiger partial charge in [-0.3, -0.25) is 10.1 Å². The number of rotatable bonds is 2.